The average Bonchev–Trinajstić information content (AvgIpc) is 3.15. The number of hydrogen-bond donors (Lipinski definition) is 0. The van der Waals surface area contributed by atoms with E-state index in [1.165, 1.54) is 6.42 Å². The highest BCUT2D eigenvalue weighted by atomic mass is 32.2. The Labute approximate surface area is 162 Å². The Balaban J connectivity index is 1.68. The number of carbonyl (C=O) groups excluding carboxylic acids is 1. The fourth-order valence-corrected chi connectivity index (χ4v) is 4.38. The Kier molecular flexibility index (Phi) is 6.76. The molecule has 1 aromatic rings. The summed E-state index contributed by atoms with van der Waals surface area (Å²) in [4.78, 5) is 15.0. The highest BCUT2D eigenvalue weighted by Gasteiger charge is 2.29. The first kappa shape index (κ1) is 20.1. The monoisotopic (exact) mass is 395 g/mol. The van der Waals surface area contributed by atoms with Crippen molar-refractivity contribution >= 4 is 16.0 Å². The molecule has 1 aliphatic carbocycles. The predicted molar refractivity (Wildman–Crippen MR) is 103 cm³/mol. The van der Waals surface area contributed by atoms with Crippen LogP contribution in [0.15, 0.2) is 24.3 Å². The lowest BCUT2D eigenvalue weighted by atomic mass is 9.88. The van der Waals surface area contributed by atoms with Crippen molar-refractivity contribution in [3.63, 3.8) is 0 Å². The Morgan fingerprint density at radius 1 is 1.11 bits per heavy atom. The molecule has 2 aliphatic rings. The van der Waals surface area contributed by atoms with Crippen LogP contribution in [0, 0.1) is 5.92 Å². The molecule has 0 radical (unpaired) electrons. The highest BCUT2D eigenvalue weighted by Crippen LogP contribution is 2.27. The van der Waals surface area contributed by atoms with Crippen LogP contribution in [-0.2, 0) is 26.2 Å². The van der Waals surface area contributed by atoms with E-state index in [2.05, 4.69) is 0 Å². The minimum atomic E-state index is -3.54. The van der Waals surface area contributed by atoms with Gasteiger partial charge in [-0.25, -0.2) is 0 Å². The third-order valence-corrected chi connectivity index (χ3v) is 5.75. The number of nitrogens with zero attached hydrogens (tertiary/aromatic N) is 1. The van der Waals surface area contributed by atoms with E-state index >= 15 is 0 Å². The van der Waals surface area contributed by atoms with Crippen molar-refractivity contribution in [2.24, 2.45) is 5.92 Å². The molecule has 0 bridgehead atoms. The quantitative estimate of drug-likeness (QED) is 0.663. The molecule has 2 fully saturated rings. The van der Waals surface area contributed by atoms with Gasteiger partial charge < -0.3 is 13.8 Å². The first-order valence-electron chi connectivity index (χ1n) is 9.79. The Morgan fingerprint density at radius 2 is 1.81 bits per heavy atom. The average molecular weight is 396 g/mol. The highest BCUT2D eigenvalue weighted by molar-refractivity contribution is 7.86. The maximum absolute atomic E-state index is 13.1. The maximum atomic E-state index is 13.1. The van der Waals surface area contributed by atoms with E-state index in [4.69, 9.17) is 8.92 Å². The lowest BCUT2D eigenvalue weighted by molar-refractivity contribution is -0.138. The molecule has 1 heterocycles. The van der Waals surface area contributed by atoms with Crippen molar-refractivity contribution in [2.75, 3.05) is 19.4 Å². The Morgan fingerprint density at radius 3 is 2.41 bits per heavy atom. The van der Waals surface area contributed by atoms with E-state index in [9.17, 15) is 13.2 Å². The molecule has 0 aromatic heterocycles. The van der Waals surface area contributed by atoms with Gasteiger partial charge in [-0.05, 0) is 43.4 Å². The first-order valence-corrected chi connectivity index (χ1v) is 11.6. The van der Waals surface area contributed by atoms with E-state index in [0.717, 1.165) is 57.0 Å². The van der Waals surface area contributed by atoms with Gasteiger partial charge in [0, 0.05) is 25.6 Å². The summed E-state index contributed by atoms with van der Waals surface area (Å²) in [6, 6.07) is 6.89. The molecule has 1 unspecified atom stereocenters. The topological polar surface area (TPSA) is 72.9 Å². The van der Waals surface area contributed by atoms with Gasteiger partial charge in [0.15, 0.2) is 0 Å². The molecule has 27 heavy (non-hydrogen) atoms. The third-order valence-electron chi connectivity index (χ3n) is 5.26. The van der Waals surface area contributed by atoms with Crippen LogP contribution in [0.25, 0.3) is 0 Å². The number of ether oxygens (including phenoxy) is 1. The summed E-state index contributed by atoms with van der Waals surface area (Å²) in [5.41, 5.74) is 0.956. The fraction of sp³-hybridized carbons (Fsp3) is 0.650. The van der Waals surface area contributed by atoms with Gasteiger partial charge >= 0.3 is 10.1 Å². The van der Waals surface area contributed by atoms with Gasteiger partial charge in [-0.1, -0.05) is 31.4 Å². The zero-order valence-electron chi connectivity index (χ0n) is 15.9. The predicted octanol–water partition coefficient (Wildman–Crippen LogP) is 3.11. The molecule has 6 nitrogen and oxygen atoms in total. The Hall–Kier alpha value is -1.60. The number of carbonyl (C=O) groups is 1. The van der Waals surface area contributed by atoms with E-state index in [1.54, 1.807) is 12.1 Å². The number of rotatable bonds is 7. The number of hydrogen-bond acceptors (Lipinski definition) is 5. The summed E-state index contributed by atoms with van der Waals surface area (Å²) in [5.74, 6) is 0.625. The molecular formula is C20H29NO5S. The number of amides is 1. The summed E-state index contributed by atoms with van der Waals surface area (Å²) < 4.78 is 33.1. The Bertz CT molecular complexity index is 719. The molecule has 0 N–H and O–H groups in total. The molecule has 1 amide bonds. The van der Waals surface area contributed by atoms with E-state index in [0.29, 0.717) is 13.1 Å². The van der Waals surface area contributed by atoms with E-state index in [1.807, 2.05) is 17.0 Å². The molecule has 7 heteroatoms. The van der Waals surface area contributed by atoms with Gasteiger partial charge in [0.2, 0.25) is 5.91 Å². The third kappa shape index (κ3) is 6.21. The molecule has 1 aliphatic heterocycles. The molecule has 150 valence electrons. The van der Waals surface area contributed by atoms with Crippen LogP contribution in [0.4, 0.5) is 0 Å². The SMILES string of the molecule is CS(=O)(=O)Oc1ccc(CN(CC2CCCO2)C(=O)C2CCCCC2)cc1. The normalized spacial score (nSPS) is 21.1. The molecule has 1 aromatic carbocycles. The van der Waals surface area contributed by atoms with Crippen LogP contribution in [0.5, 0.6) is 5.75 Å². The molecule has 1 saturated carbocycles. The minimum Gasteiger partial charge on any atom is -0.383 e. The van der Waals surface area contributed by atoms with Crippen molar-refractivity contribution in [2.45, 2.75) is 57.6 Å². The van der Waals surface area contributed by atoms with Crippen LogP contribution in [0.1, 0.15) is 50.5 Å². The fourth-order valence-electron chi connectivity index (χ4n) is 3.92. The summed E-state index contributed by atoms with van der Waals surface area (Å²) >= 11 is 0. The second-order valence-electron chi connectivity index (χ2n) is 7.62. The molecular weight excluding hydrogens is 366 g/mol. The lowest BCUT2D eigenvalue weighted by Crippen LogP contribution is -2.41. The van der Waals surface area contributed by atoms with Crippen LogP contribution in [0.3, 0.4) is 0 Å². The maximum Gasteiger partial charge on any atom is 0.306 e. The van der Waals surface area contributed by atoms with E-state index < -0.39 is 10.1 Å². The molecule has 1 atom stereocenters. The van der Waals surface area contributed by atoms with Gasteiger partial charge in [-0.15, -0.1) is 0 Å². The van der Waals surface area contributed by atoms with Crippen LogP contribution < -0.4 is 4.18 Å². The van der Waals surface area contributed by atoms with Gasteiger partial charge in [0.05, 0.1) is 12.4 Å². The van der Waals surface area contributed by atoms with Crippen molar-refractivity contribution in [3.8, 4) is 5.75 Å². The summed E-state index contributed by atoms with van der Waals surface area (Å²) in [5, 5.41) is 0. The van der Waals surface area contributed by atoms with Gasteiger partial charge in [-0.3, -0.25) is 4.79 Å². The molecule has 1 saturated heterocycles. The standard InChI is InChI=1S/C20H29NO5S/c1-27(23,24)26-18-11-9-16(10-12-18)14-21(15-19-8-5-13-25-19)20(22)17-6-3-2-4-7-17/h9-12,17,19H,2-8,13-15H2,1H3. The zero-order chi connectivity index (χ0) is 19.3. The summed E-state index contributed by atoms with van der Waals surface area (Å²) in [6.45, 7) is 1.90. The zero-order valence-corrected chi connectivity index (χ0v) is 16.7. The van der Waals surface area contributed by atoms with Crippen LogP contribution in [-0.4, -0.2) is 44.7 Å². The van der Waals surface area contributed by atoms with Crippen molar-refractivity contribution in [3.05, 3.63) is 29.8 Å². The van der Waals surface area contributed by atoms with Crippen LogP contribution >= 0.6 is 0 Å². The van der Waals surface area contributed by atoms with Crippen molar-refractivity contribution in [1.82, 2.24) is 4.90 Å². The molecule has 0 spiro atoms. The van der Waals surface area contributed by atoms with Gasteiger partial charge in [0.25, 0.3) is 0 Å². The summed E-state index contributed by atoms with van der Waals surface area (Å²) in [6.07, 6.45) is 8.60. The van der Waals surface area contributed by atoms with E-state index in [-0.39, 0.29) is 23.7 Å². The first-order chi connectivity index (χ1) is 12.9. The van der Waals surface area contributed by atoms with Gasteiger partial charge in [-0.2, -0.15) is 8.42 Å². The van der Waals surface area contributed by atoms with Crippen molar-refractivity contribution < 1.29 is 22.1 Å². The smallest absolute Gasteiger partial charge is 0.306 e. The van der Waals surface area contributed by atoms with Crippen molar-refractivity contribution in [1.29, 1.82) is 0 Å². The van der Waals surface area contributed by atoms with Crippen LogP contribution in [0.2, 0.25) is 0 Å². The number of benzene rings is 1. The molecule has 3 rings (SSSR count). The lowest BCUT2D eigenvalue weighted by Gasteiger charge is -2.31. The second-order valence-corrected chi connectivity index (χ2v) is 9.20. The summed E-state index contributed by atoms with van der Waals surface area (Å²) in [7, 11) is -3.54. The second kappa shape index (κ2) is 9.06. The van der Waals surface area contributed by atoms with Gasteiger partial charge in [0.1, 0.15) is 5.75 Å². The largest absolute Gasteiger partial charge is 0.383 e. The minimum absolute atomic E-state index is 0.116.